The van der Waals surface area contributed by atoms with Crippen molar-refractivity contribution < 1.29 is 13.9 Å². The molecule has 112 valence electrons. The molecule has 6 heteroatoms. The van der Waals surface area contributed by atoms with E-state index in [1.165, 1.54) is 6.20 Å². The van der Waals surface area contributed by atoms with Crippen LogP contribution in [0.4, 0.5) is 8.78 Å². The van der Waals surface area contributed by atoms with E-state index in [2.05, 4.69) is 5.10 Å². The van der Waals surface area contributed by atoms with Crippen molar-refractivity contribution in [2.24, 2.45) is 0 Å². The minimum Gasteiger partial charge on any atom is -0.386 e. The molecule has 4 nitrogen and oxygen atoms in total. The molecule has 1 atom stereocenters. The molecular formula is C16H12F2N2O2. The summed E-state index contributed by atoms with van der Waals surface area (Å²) >= 11 is 0. The summed E-state index contributed by atoms with van der Waals surface area (Å²) in [5, 5.41) is 15.2. The minimum absolute atomic E-state index is 0.0803. The molecule has 0 aliphatic heterocycles. The van der Waals surface area contributed by atoms with Gasteiger partial charge in [-0.2, -0.15) is 5.10 Å². The molecule has 0 saturated carbocycles. The quantitative estimate of drug-likeness (QED) is 0.808. The van der Waals surface area contributed by atoms with Crippen molar-refractivity contribution in [1.29, 1.82) is 0 Å². The van der Waals surface area contributed by atoms with Gasteiger partial charge in [0.1, 0.15) is 17.7 Å². The van der Waals surface area contributed by atoms with Gasteiger partial charge >= 0.3 is 0 Å². The van der Waals surface area contributed by atoms with Crippen molar-refractivity contribution in [3.63, 3.8) is 0 Å². The monoisotopic (exact) mass is 302 g/mol. The number of aliphatic hydroxyl groups is 1. The molecular weight excluding hydrogens is 290 g/mol. The SMILES string of the molecule is O=c1c2ccccc2cnn1CC(O)c1ccc(F)cc1F. The van der Waals surface area contributed by atoms with Crippen LogP contribution in [0, 0.1) is 11.6 Å². The van der Waals surface area contributed by atoms with Crippen molar-refractivity contribution in [3.05, 3.63) is 76.2 Å². The summed E-state index contributed by atoms with van der Waals surface area (Å²) < 4.78 is 27.6. The first-order chi connectivity index (χ1) is 10.6. The first-order valence-electron chi connectivity index (χ1n) is 6.64. The van der Waals surface area contributed by atoms with Crippen LogP contribution in [-0.4, -0.2) is 14.9 Å². The van der Waals surface area contributed by atoms with E-state index in [1.54, 1.807) is 24.3 Å². The summed E-state index contributed by atoms with van der Waals surface area (Å²) in [7, 11) is 0. The van der Waals surface area contributed by atoms with E-state index in [1.807, 2.05) is 0 Å². The Hall–Kier alpha value is -2.60. The van der Waals surface area contributed by atoms with Crippen LogP contribution in [0.1, 0.15) is 11.7 Å². The smallest absolute Gasteiger partial charge is 0.274 e. The second-order valence-electron chi connectivity index (χ2n) is 4.90. The van der Waals surface area contributed by atoms with E-state index < -0.39 is 17.7 Å². The molecule has 22 heavy (non-hydrogen) atoms. The Bertz CT molecular complexity index is 893. The Morgan fingerprint density at radius 3 is 2.73 bits per heavy atom. The molecule has 2 aromatic carbocycles. The van der Waals surface area contributed by atoms with Gasteiger partial charge in [0.25, 0.3) is 5.56 Å². The molecule has 3 rings (SSSR count). The maximum absolute atomic E-state index is 13.6. The number of nitrogens with zero attached hydrogens (tertiary/aromatic N) is 2. The molecule has 0 fully saturated rings. The third-order valence-corrected chi connectivity index (χ3v) is 3.43. The standard InChI is InChI=1S/C16H12F2N2O2/c17-11-5-6-13(14(18)7-11)15(21)9-20-16(22)12-4-2-1-3-10(12)8-19-20/h1-8,15,21H,9H2. The fourth-order valence-corrected chi connectivity index (χ4v) is 2.29. The zero-order valence-electron chi connectivity index (χ0n) is 11.4. The topological polar surface area (TPSA) is 55.1 Å². The van der Waals surface area contributed by atoms with Crippen LogP contribution < -0.4 is 5.56 Å². The van der Waals surface area contributed by atoms with Gasteiger partial charge in [-0.3, -0.25) is 4.79 Å². The van der Waals surface area contributed by atoms with Crippen molar-refractivity contribution >= 4 is 10.8 Å². The van der Waals surface area contributed by atoms with Crippen molar-refractivity contribution in [2.45, 2.75) is 12.6 Å². The van der Waals surface area contributed by atoms with Gasteiger partial charge in [0.15, 0.2) is 0 Å². The lowest BCUT2D eigenvalue weighted by molar-refractivity contribution is 0.145. The third kappa shape index (κ3) is 2.60. The largest absolute Gasteiger partial charge is 0.386 e. The van der Waals surface area contributed by atoms with Crippen LogP contribution in [0.15, 0.2) is 53.5 Å². The molecule has 0 amide bonds. The van der Waals surface area contributed by atoms with Crippen LogP contribution in [0.3, 0.4) is 0 Å². The first-order valence-corrected chi connectivity index (χ1v) is 6.64. The van der Waals surface area contributed by atoms with Crippen molar-refractivity contribution in [3.8, 4) is 0 Å². The Labute approximate surface area is 124 Å². The summed E-state index contributed by atoms with van der Waals surface area (Å²) in [6.07, 6.45) is 0.205. The lowest BCUT2D eigenvalue weighted by Crippen LogP contribution is -2.26. The summed E-state index contributed by atoms with van der Waals surface area (Å²) in [5.41, 5.74) is -0.456. The number of hydrogen-bond donors (Lipinski definition) is 1. The molecule has 0 bridgehead atoms. The Morgan fingerprint density at radius 2 is 1.95 bits per heavy atom. The van der Waals surface area contributed by atoms with E-state index in [0.29, 0.717) is 16.8 Å². The van der Waals surface area contributed by atoms with Gasteiger partial charge in [-0.25, -0.2) is 13.5 Å². The number of rotatable bonds is 3. The summed E-state index contributed by atoms with van der Waals surface area (Å²) in [6, 6.07) is 9.82. The number of hydrogen-bond acceptors (Lipinski definition) is 3. The highest BCUT2D eigenvalue weighted by Crippen LogP contribution is 2.19. The third-order valence-electron chi connectivity index (χ3n) is 3.43. The number of aliphatic hydroxyl groups excluding tert-OH is 1. The van der Waals surface area contributed by atoms with Crippen molar-refractivity contribution in [2.75, 3.05) is 0 Å². The van der Waals surface area contributed by atoms with E-state index in [0.717, 1.165) is 16.8 Å². The molecule has 1 N–H and O–H groups in total. The second-order valence-corrected chi connectivity index (χ2v) is 4.90. The Kier molecular flexibility index (Phi) is 3.68. The number of halogens is 2. The van der Waals surface area contributed by atoms with Gasteiger partial charge in [0.2, 0.25) is 0 Å². The predicted molar refractivity (Wildman–Crippen MR) is 77.3 cm³/mol. The molecule has 3 aromatic rings. The van der Waals surface area contributed by atoms with E-state index >= 15 is 0 Å². The summed E-state index contributed by atoms with van der Waals surface area (Å²) in [5.74, 6) is -1.59. The number of aromatic nitrogens is 2. The maximum Gasteiger partial charge on any atom is 0.274 e. The zero-order chi connectivity index (χ0) is 15.7. The van der Waals surface area contributed by atoms with Crippen LogP contribution >= 0.6 is 0 Å². The summed E-state index contributed by atoms with van der Waals surface area (Å²) in [6.45, 7) is -0.216. The fourth-order valence-electron chi connectivity index (χ4n) is 2.29. The molecule has 0 aliphatic carbocycles. The van der Waals surface area contributed by atoms with Gasteiger partial charge < -0.3 is 5.11 Å². The zero-order valence-corrected chi connectivity index (χ0v) is 11.4. The lowest BCUT2D eigenvalue weighted by Gasteiger charge is -2.13. The molecule has 1 unspecified atom stereocenters. The summed E-state index contributed by atoms with van der Waals surface area (Å²) in [4.78, 5) is 12.3. The number of benzene rings is 2. The van der Waals surface area contributed by atoms with Crippen LogP contribution in [0.25, 0.3) is 10.8 Å². The first kappa shape index (κ1) is 14.3. The van der Waals surface area contributed by atoms with E-state index in [4.69, 9.17) is 0 Å². The second kappa shape index (κ2) is 5.65. The lowest BCUT2D eigenvalue weighted by atomic mass is 10.1. The molecule has 1 aromatic heterocycles. The van der Waals surface area contributed by atoms with Gasteiger partial charge in [-0.1, -0.05) is 24.3 Å². The molecule has 0 spiro atoms. The van der Waals surface area contributed by atoms with Gasteiger partial charge in [-0.15, -0.1) is 0 Å². The van der Waals surface area contributed by atoms with Crippen LogP contribution in [0.2, 0.25) is 0 Å². The Balaban J connectivity index is 1.96. The molecule has 0 saturated heterocycles. The highest BCUT2D eigenvalue weighted by Gasteiger charge is 2.16. The van der Waals surface area contributed by atoms with Gasteiger partial charge in [0, 0.05) is 17.0 Å². The Morgan fingerprint density at radius 1 is 1.18 bits per heavy atom. The highest BCUT2D eigenvalue weighted by molar-refractivity contribution is 5.80. The average Bonchev–Trinajstić information content (AvgIpc) is 2.50. The average molecular weight is 302 g/mol. The maximum atomic E-state index is 13.6. The van der Waals surface area contributed by atoms with Crippen LogP contribution in [0.5, 0.6) is 0 Å². The highest BCUT2D eigenvalue weighted by atomic mass is 19.1. The molecule has 0 aliphatic rings. The fraction of sp³-hybridized carbons (Fsp3) is 0.125. The normalized spacial score (nSPS) is 12.5. The van der Waals surface area contributed by atoms with Crippen molar-refractivity contribution in [1.82, 2.24) is 9.78 Å². The van der Waals surface area contributed by atoms with E-state index in [9.17, 15) is 18.7 Å². The van der Waals surface area contributed by atoms with Crippen LogP contribution in [-0.2, 0) is 6.54 Å². The molecule has 0 radical (unpaired) electrons. The molecule has 1 heterocycles. The predicted octanol–water partition coefficient (Wildman–Crippen LogP) is 2.41. The van der Waals surface area contributed by atoms with Gasteiger partial charge in [0.05, 0.1) is 18.1 Å². The van der Waals surface area contributed by atoms with E-state index in [-0.39, 0.29) is 17.7 Å². The minimum atomic E-state index is -1.30. The van der Waals surface area contributed by atoms with Gasteiger partial charge in [-0.05, 0) is 12.1 Å². The number of fused-ring (bicyclic) bond motifs is 1.